The molecule has 1 fully saturated rings. The van der Waals surface area contributed by atoms with Crippen molar-refractivity contribution >= 4 is 23.2 Å². The molecule has 22 heavy (non-hydrogen) atoms. The predicted octanol–water partition coefficient (Wildman–Crippen LogP) is 3.04. The van der Waals surface area contributed by atoms with Gasteiger partial charge < -0.3 is 10.6 Å². The summed E-state index contributed by atoms with van der Waals surface area (Å²) >= 11 is 0. The van der Waals surface area contributed by atoms with Crippen molar-refractivity contribution < 1.29 is 14.0 Å². The molecule has 0 saturated heterocycles. The Morgan fingerprint density at radius 3 is 1.86 bits per heavy atom. The average Bonchev–Trinajstić information content (AvgIpc) is 3.31. The molecule has 1 aliphatic carbocycles. The van der Waals surface area contributed by atoms with Crippen molar-refractivity contribution in [2.75, 3.05) is 10.6 Å². The zero-order chi connectivity index (χ0) is 15.5. The number of rotatable bonds is 4. The van der Waals surface area contributed by atoms with Gasteiger partial charge in [0.1, 0.15) is 5.82 Å². The van der Waals surface area contributed by atoms with Gasteiger partial charge in [0.15, 0.2) is 0 Å². The molecule has 0 aromatic heterocycles. The van der Waals surface area contributed by atoms with Gasteiger partial charge in [-0.3, -0.25) is 9.59 Å². The Balaban J connectivity index is 1.54. The van der Waals surface area contributed by atoms with Gasteiger partial charge >= 0.3 is 0 Å². The summed E-state index contributed by atoms with van der Waals surface area (Å²) in [4.78, 5) is 24.1. The first kappa shape index (κ1) is 14.3. The van der Waals surface area contributed by atoms with Gasteiger partial charge in [-0.25, -0.2) is 4.39 Å². The maximum atomic E-state index is 12.8. The maximum Gasteiger partial charge on any atom is 0.228 e. The number of benzene rings is 2. The first-order valence-electron chi connectivity index (χ1n) is 7.06. The van der Waals surface area contributed by atoms with Crippen LogP contribution in [0, 0.1) is 17.7 Å². The van der Waals surface area contributed by atoms with Crippen molar-refractivity contribution in [1.29, 1.82) is 0 Å². The Morgan fingerprint density at radius 2 is 1.32 bits per heavy atom. The molecule has 2 unspecified atom stereocenters. The van der Waals surface area contributed by atoms with E-state index in [2.05, 4.69) is 10.6 Å². The molecular weight excluding hydrogens is 283 g/mol. The highest BCUT2D eigenvalue weighted by Crippen LogP contribution is 2.40. The molecule has 0 bridgehead atoms. The number of para-hydroxylation sites is 1. The van der Waals surface area contributed by atoms with Gasteiger partial charge in [-0.05, 0) is 42.8 Å². The molecule has 4 nitrogen and oxygen atoms in total. The number of carbonyl (C=O) groups is 2. The fraction of sp³-hybridized carbons (Fsp3) is 0.176. The normalized spacial score (nSPS) is 19.3. The van der Waals surface area contributed by atoms with Crippen LogP contribution in [-0.2, 0) is 9.59 Å². The summed E-state index contributed by atoms with van der Waals surface area (Å²) in [7, 11) is 0. The molecule has 2 atom stereocenters. The molecule has 0 radical (unpaired) electrons. The van der Waals surface area contributed by atoms with Crippen LogP contribution in [0.2, 0.25) is 0 Å². The van der Waals surface area contributed by atoms with E-state index in [1.165, 1.54) is 24.3 Å². The van der Waals surface area contributed by atoms with Crippen LogP contribution in [0.15, 0.2) is 54.6 Å². The summed E-state index contributed by atoms with van der Waals surface area (Å²) < 4.78 is 12.8. The average molecular weight is 298 g/mol. The van der Waals surface area contributed by atoms with Gasteiger partial charge in [-0.1, -0.05) is 18.2 Å². The van der Waals surface area contributed by atoms with Gasteiger partial charge in [0.25, 0.3) is 0 Å². The van der Waals surface area contributed by atoms with Crippen molar-refractivity contribution in [3.8, 4) is 0 Å². The van der Waals surface area contributed by atoms with Crippen molar-refractivity contribution in [1.82, 2.24) is 0 Å². The molecule has 5 heteroatoms. The number of amides is 2. The number of nitrogens with one attached hydrogen (secondary N) is 2. The molecule has 1 saturated carbocycles. The summed E-state index contributed by atoms with van der Waals surface area (Å²) in [6.45, 7) is 0. The first-order valence-corrected chi connectivity index (χ1v) is 7.06. The van der Waals surface area contributed by atoms with Crippen LogP contribution >= 0.6 is 0 Å². The molecule has 2 aromatic carbocycles. The van der Waals surface area contributed by atoms with Crippen LogP contribution in [0.4, 0.5) is 15.8 Å². The van der Waals surface area contributed by atoms with Gasteiger partial charge in [-0.15, -0.1) is 0 Å². The minimum atomic E-state index is -0.357. The van der Waals surface area contributed by atoms with Crippen LogP contribution in [0.3, 0.4) is 0 Å². The predicted molar refractivity (Wildman–Crippen MR) is 81.7 cm³/mol. The van der Waals surface area contributed by atoms with Gasteiger partial charge in [0.05, 0.1) is 11.8 Å². The van der Waals surface area contributed by atoms with Gasteiger partial charge in [0, 0.05) is 11.4 Å². The minimum absolute atomic E-state index is 0.148. The standard InChI is InChI=1S/C17H15FN2O2/c18-11-6-8-13(9-7-11)20-17(22)15-10-14(15)16(21)19-12-4-2-1-3-5-12/h1-9,14-15H,10H2,(H,19,21)(H,20,22). The summed E-state index contributed by atoms with van der Waals surface area (Å²) in [5, 5.41) is 5.49. The van der Waals surface area contributed by atoms with E-state index >= 15 is 0 Å². The fourth-order valence-corrected chi connectivity index (χ4v) is 2.30. The van der Waals surface area contributed by atoms with E-state index in [9.17, 15) is 14.0 Å². The molecule has 2 amide bonds. The lowest BCUT2D eigenvalue weighted by Gasteiger charge is -2.06. The molecule has 2 aromatic rings. The second kappa shape index (κ2) is 5.97. The van der Waals surface area contributed by atoms with Crippen LogP contribution in [0.25, 0.3) is 0 Å². The molecule has 0 aliphatic heterocycles. The van der Waals surface area contributed by atoms with E-state index in [1.54, 1.807) is 12.1 Å². The number of hydrogen-bond donors (Lipinski definition) is 2. The number of carbonyl (C=O) groups excluding carboxylic acids is 2. The second-order valence-corrected chi connectivity index (χ2v) is 5.30. The van der Waals surface area contributed by atoms with Crippen LogP contribution in [0.5, 0.6) is 0 Å². The summed E-state index contributed by atoms with van der Waals surface area (Å²) in [5.74, 6) is -1.34. The van der Waals surface area contributed by atoms with Crippen molar-refractivity contribution in [2.45, 2.75) is 6.42 Å². The first-order chi connectivity index (χ1) is 10.6. The number of hydrogen-bond acceptors (Lipinski definition) is 2. The van der Waals surface area contributed by atoms with Crippen molar-refractivity contribution in [3.63, 3.8) is 0 Å². The SMILES string of the molecule is O=C(Nc1ccccc1)C1CC1C(=O)Nc1ccc(F)cc1. The van der Waals surface area contributed by atoms with E-state index in [0.29, 0.717) is 12.1 Å². The lowest BCUT2D eigenvalue weighted by atomic mass is 10.2. The van der Waals surface area contributed by atoms with Crippen LogP contribution in [-0.4, -0.2) is 11.8 Å². The highest BCUT2D eigenvalue weighted by atomic mass is 19.1. The molecular formula is C17H15FN2O2. The number of halogens is 1. The number of anilines is 2. The van der Waals surface area contributed by atoms with E-state index in [1.807, 2.05) is 18.2 Å². The Labute approximate surface area is 127 Å². The van der Waals surface area contributed by atoms with E-state index in [0.717, 1.165) is 5.69 Å². The molecule has 112 valence electrons. The van der Waals surface area contributed by atoms with E-state index < -0.39 is 0 Å². The van der Waals surface area contributed by atoms with Crippen molar-refractivity contribution in [2.24, 2.45) is 11.8 Å². The van der Waals surface area contributed by atoms with Crippen LogP contribution in [0.1, 0.15) is 6.42 Å². The smallest absolute Gasteiger partial charge is 0.228 e. The van der Waals surface area contributed by atoms with Crippen molar-refractivity contribution in [3.05, 3.63) is 60.4 Å². The highest BCUT2D eigenvalue weighted by Gasteiger charge is 2.48. The minimum Gasteiger partial charge on any atom is -0.326 e. The molecule has 0 spiro atoms. The topological polar surface area (TPSA) is 58.2 Å². The van der Waals surface area contributed by atoms with Crippen LogP contribution < -0.4 is 10.6 Å². The lowest BCUT2D eigenvalue weighted by molar-refractivity contribution is -0.122. The van der Waals surface area contributed by atoms with Gasteiger partial charge in [0.2, 0.25) is 11.8 Å². The van der Waals surface area contributed by atoms with E-state index in [4.69, 9.17) is 0 Å². The Morgan fingerprint density at radius 1 is 0.818 bits per heavy atom. The summed E-state index contributed by atoms with van der Waals surface area (Å²) in [5.41, 5.74) is 1.25. The molecule has 1 aliphatic rings. The third-order valence-electron chi connectivity index (χ3n) is 3.62. The second-order valence-electron chi connectivity index (χ2n) is 5.30. The highest BCUT2D eigenvalue weighted by molar-refractivity contribution is 6.03. The van der Waals surface area contributed by atoms with E-state index in [-0.39, 0.29) is 29.5 Å². The molecule has 2 N–H and O–H groups in total. The third kappa shape index (κ3) is 3.31. The monoisotopic (exact) mass is 298 g/mol. The molecule has 3 rings (SSSR count). The zero-order valence-electron chi connectivity index (χ0n) is 11.8. The fourth-order valence-electron chi connectivity index (χ4n) is 2.30. The lowest BCUT2D eigenvalue weighted by Crippen LogP contribution is -2.20. The van der Waals surface area contributed by atoms with Gasteiger partial charge in [-0.2, -0.15) is 0 Å². The Kier molecular flexibility index (Phi) is 3.87. The third-order valence-corrected chi connectivity index (χ3v) is 3.62. The summed E-state index contributed by atoms with van der Waals surface area (Å²) in [6, 6.07) is 14.7. The summed E-state index contributed by atoms with van der Waals surface area (Å²) in [6.07, 6.45) is 0.533. The molecule has 0 heterocycles. The maximum absolute atomic E-state index is 12.8. The quantitative estimate of drug-likeness (QED) is 0.911. The zero-order valence-corrected chi connectivity index (χ0v) is 11.8. The largest absolute Gasteiger partial charge is 0.326 e. The Bertz CT molecular complexity index is 686. The Hall–Kier alpha value is -2.69.